The van der Waals surface area contributed by atoms with Crippen LogP contribution in [-0.2, 0) is 18.3 Å². The van der Waals surface area contributed by atoms with E-state index in [0.717, 1.165) is 12.2 Å². The number of nitrogens with zero attached hydrogens (tertiary/aromatic N) is 2. The van der Waals surface area contributed by atoms with Crippen LogP contribution in [0.1, 0.15) is 26.3 Å². The van der Waals surface area contributed by atoms with Gasteiger partial charge in [0.1, 0.15) is 11.4 Å². The van der Waals surface area contributed by atoms with Crippen LogP contribution in [0.4, 0.5) is 16.3 Å². The Bertz CT molecular complexity index is 626. The number of anilines is 2. The lowest BCUT2D eigenvalue weighted by molar-refractivity contribution is 0.0635. The molecule has 0 aromatic carbocycles. The molecule has 2 N–H and O–H groups in total. The average Bonchev–Trinajstić information content (AvgIpc) is 2.81. The van der Waals surface area contributed by atoms with Crippen molar-refractivity contribution in [3.05, 3.63) is 42.4 Å². The monoisotopic (exact) mass is 302 g/mol. The van der Waals surface area contributed by atoms with Gasteiger partial charge in [0.05, 0.1) is 11.9 Å². The average molecular weight is 302 g/mol. The van der Waals surface area contributed by atoms with E-state index in [1.807, 2.05) is 44.6 Å². The summed E-state index contributed by atoms with van der Waals surface area (Å²) < 4.78 is 7.17. The highest BCUT2D eigenvalue weighted by Crippen LogP contribution is 2.13. The number of hydrogen-bond acceptors (Lipinski definition) is 4. The van der Waals surface area contributed by atoms with Crippen molar-refractivity contribution in [3.8, 4) is 0 Å². The highest BCUT2D eigenvalue weighted by Gasteiger charge is 2.16. The van der Waals surface area contributed by atoms with E-state index < -0.39 is 11.7 Å². The Kier molecular flexibility index (Phi) is 4.70. The molecule has 0 saturated carbocycles. The summed E-state index contributed by atoms with van der Waals surface area (Å²) in [4.78, 5) is 15.8. The first kappa shape index (κ1) is 15.9. The zero-order valence-corrected chi connectivity index (χ0v) is 13.4. The maximum Gasteiger partial charge on any atom is 0.413 e. The van der Waals surface area contributed by atoms with Crippen LogP contribution in [0.15, 0.2) is 36.8 Å². The molecule has 0 fully saturated rings. The van der Waals surface area contributed by atoms with Crippen molar-refractivity contribution in [2.24, 2.45) is 7.05 Å². The van der Waals surface area contributed by atoms with Crippen LogP contribution in [0.25, 0.3) is 0 Å². The maximum absolute atomic E-state index is 11.6. The molecule has 6 heteroatoms. The molecule has 2 rings (SSSR count). The molecule has 1 amide bonds. The largest absolute Gasteiger partial charge is 0.444 e. The normalized spacial score (nSPS) is 11.1. The van der Waals surface area contributed by atoms with Gasteiger partial charge in [-0.2, -0.15) is 0 Å². The zero-order valence-electron chi connectivity index (χ0n) is 13.4. The van der Waals surface area contributed by atoms with Crippen LogP contribution >= 0.6 is 0 Å². The molecule has 2 aromatic rings. The second-order valence-corrected chi connectivity index (χ2v) is 6.10. The van der Waals surface area contributed by atoms with Gasteiger partial charge in [-0.15, -0.1) is 0 Å². The molecule has 22 heavy (non-hydrogen) atoms. The van der Waals surface area contributed by atoms with E-state index in [-0.39, 0.29) is 0 Å². The Morgan fingerprint density at radius 1 is 1.32 bits per heavy atom. The first-order valence-electron chi connectivity index (χ1n) is 7.12. The molecule has 0 aliphatic rings. The predicted molar refractivity (Wildman–Crippen MR) is 86.8 cm³/mol. The van der Waals surface area contributed by atoms with Gasteiger partial charge in [-0.3, -0.25) is 5.32 Å². The van der Waals surface area contributed by atoms with Crippen LogP contribution in [0.2, 0.25) is 0 Å². The Morgan fingerprint density at radius 3 is 2.64 bits per heavy atom. The van der Waals surface area contributed by atoms with Crippen LogP contribution in [-0.4, -0.2) is 21.2 Å². The molecular formula is C16H22N4O2. The predicted octanol–water partition coefficient (Wildman–Crippen LogP) is 3.38. The van der Waals surface area contributed by atoms with Crippen molar-refractivity contribution in [2.45, 2.75) is 32.9 Å². The number of aryl methyl sites for hydroxylation is 1. The molecule has 0 unspecified atom stereocenters. The van der Waals surface area contributed by atoms with Gasteiger partial charge in [0.2, 0.25) is 0 Å². The van der Waals surface area contributed by atoms with E-state index in [1.54, 1.807) is 12.3 Å². The van der Waals surface area contributed by atoms with Crippen molar-refractivity contribution in [3.63, 3.8) is 0 Å². The van der Waals surface area contributed by atoms with Crippen molar-refractivity contribution in [1.29, 1.82) is 0 Å². The van der Waals surface area contributed by atoms with Gasteiger partial charge >= 0.3 is 6.09 Å². The topological polar surface area (TPSA) is 68.2 Å². The van der Waals surface area contributed by atoms with Crippen molar-refractivity contribution < 1.29 is 9.53 Å². The van der Waals surface area contributed by atoms with Gasteiger partial charge in [-0.1, -0.05) is 0 Å². The highest BCUT2D eigenvalue weighted by atomic mass is 16.6. The smallest absolute Gasteiger partial charge is 0.413 e. The van der Waals surface area contributed by atoms with Crippen LogP contribution in [0.3, 0.4) is 0 Å². The fraction of sp³-hybridized carbons (Fsp3) is 0.375. The number of rotatable bonds is 4. The van der Waals surface area contributed by atoms with Crippen molar-refractivity contribution in [2.75, 3.05) is 10.6 Å². The summed E-state index contributed by atoms with van der Waals surface area (Å²) in [5, 5.41) is 5.87. The molecule has 6 nitrogen and oxygen atoms in total. The quantitative estimate of drug-likeness (QED) is 0.908. The summed E-state index contributed by atoms with van der Waals surface area (Å²) >= 11 is 0. The zero-order chi connectivity index (χ0) is 16.2. The molecule has 0 aliphatic carbocycles. The number of carbonyl (C=O) groups is 1. The molecule has 0 bridgehead atoms. The van der Waals surface area contributed by atoms with E-state index in [1.165, 1.54) is 5.56 Å². The first-order valence-corrected chi connectivity index (χ1v) is 7.12. The number of carbonyl (C=O) groups excluding carboxylic acids is 1. The van der Waals surface area contributed by atoms with E-state index >= 15 is 0 Å². The first-order chi connectivity index (χ1) is 10.3. The van der Waals surface area contributed by atoms with Gasteiger partial charge < -0.3 is 14.6 Å². The Morgan fingerprint density at radius 2 is 2.09 bits per heavy atom. The van der Waals surface area contributed by atoms with Gasteiger partial charge in [-0.25, -0.2) is 9.78 Å². The SMILES string of the molecule is Cn1ccc(CNc2ccc(NC(=O)OC(C)(C)C)nc2)c1. The minimum atomic E-state index is -0.527. The molecule has 0 atom stereocenters. The summed E-state index contributed by atoms with van der Waals surface area (Å²) in [6, 6.07) is 5.65. The highest BCUT2D eigenvalue weighted by molar-refractivity contribution is 5.83. The minimum Gasteiger partial charge on any atom is -0.444 e. The maximum atomic E-state index is 11.6. The molecule has 0 spiro atoms. The second-order valence-electron chi connectivity index (χ2n) is 6.10. The summed E-state index contributed by atoms with van der Waals surface area (Å²) in [5.41, 5.74) is 1.55. The number of ether oxygens (including phenoxy) is 1. The van der Waals surface area contributed by atoms with Crippen molar-refractivity contribution >= 4 is 17.6 Å². The molecule has 2 aromatic heterocycles. The number of amides is 1. The fourth-order valence-electron chi connectivity index (χ4n) is 1.85. The summed E-state index contributed by atoms with van der Waals surface area (Å²) in [6.45, 7) is 6.17. The molecular weight excluding hydrogens is 280 g/mol. The van der Waals surface area contributed by atoms with Gasteiger partial charge in [0.25, 0.3) is 0 Å². The van der Waals surface area contributed by atoms with E-state index in [9.17, 15) is 4.79 Å². The Balaban J connectivity index is 1.86. The third-order valence-corrected chi connectivity index (χ3v) is 2.78. The third kappa shape index (κ3) is 5.12. The molecule has 0 saturated heterocycles. The lowest BCUT2D eigenvalue weighted by atomic mass is 10.2. The number of nitrogens with one attached hydrogen (secondary N) is 2. The molecule has 2 heterocycles. The fourth-order valence-corrected chi connectivity index (χ4v) is 1.85. The van der Waals surface area contributed by atoms with E-state index in [2.05, 4.69) is 27.9 Å². The third-order valence-electron chi connectivity index (χ3n) is 2.78. The van der Waals surface area contributed by atoms with Crippen LogP contribution in [0, 0.1) is 0 Å². The van der Waals surface area contributed by atoms with Gasteiger partial charge in [-0.05, 0) is 44.5 Å². The Hall–Kier alpha value is -2.50. The Labute approximate surface area is 130 Å². The second kappa shape index (κ2) is 6.51. The minimum absolute atomic E-state index is 0.458. The van der Waals surface area contributed by atoms with Crippen LogP contribution < -0.4 is 10.6 Å². The summed E-state index contributed by atoms with van der Waals surface area (Å²) in [5.74, 6) is 0.458. The number of aromatic nitrogens is 2. The number of hydrogen-bond donors (Lipinski definition) is 2. The van der Waals surface area contributed by atoms with Crippen molar-refractivity contribution in [1.82, 2.24) is 9.55 Å². The van der Waals surface area contributed by atoms with E-state index in [4.69, 9.17) is 4.74 Å². The van der Waals surface area contributed by atoms with Gasteiger partial charge in [0, 0.05) is 26.0 Å². The lowest BCUT2D eigenvalue weighted by Gasteiger charge is -2.19. The summed E-state index contributed by atoms with van der Waals surface area (Å²) in [6.07, 6.45) is 5.22. The van der Waals surface area contributed by atoms with Crippen LogP contribution in [0.5, 0.6) is 0 Å². The molecule has 118 valence electrons. The number of pyridine rings is 1. The lowest BCUT2D eigenvalue weighted by Crippen LogP contribution is -2.27. The van der Waals surface area contributed by atoms with E-state index in [0.29, 0.717) is 5.82 Å². The van der Waals surface area contributed by atoms with Gasteiger partial charge in [0.15, 0.2) is 0 Å². The summed E-state index contributed by atoms with van der Waals surface area (Å²) in [7, 11) is 1.99. The molecule has 0 aliphatic heterocycles. The molecule has 0 radical (unpaired) electrons. The standard InChI is InChI=1S/C16H22N4O2/c1-16(2,3)22-15(21)19-14-6-5-13(10-18-14)17-9-12-7-8-20(4)11-12/h5-8,10-11,17H,9H2,1-4H3,(H,18,19,21).